The molecule has 0 N–H and O–H groups in total. The van der Waals surface area contributed by atoms with Crippen LogP contribution >= 0.6 is 11.6 Å². The zero-order chi connectivity index (χ0) is 20.5. The number of benzene rings is 3. The number of carbonyl (C=O) groups excluding carboxylic acids is 1. The van der Waals surface area contributed by atoms with Crippen molar-refractivity contribution in [3.63, 3.8) is 0 Å². The smallest absolute Gasteiger partial charge is 0.410 e. The van der Waals surface area contributed by atoms with Crippen LogP contribution in [0.3, 0.4) is 0 Å². The Bertz CT molecular complexity index is 1050. The van der Waals surface area contributed by atoms with Gasteiger partial charge in [-0.2, -0.15) is 0 Å². The Labute approximate surface area is 181 Å². The molecule has 152 valence electrons. The molecule has 0 spiro atoms. The molecular weight excluding hydrogens is 398 g/mol. The molecule has 1 aliphatic carbocycles. The van der Waals surface area contributed by atoms with Gasteiger partial charge >= 0.3 is 6.09 Å². The Balaban J connectivity index is 1.33. The van der Waals surface area contributed by atoms with Crippen LogP contribution in [-0.2, 0) is 17.2 Å². The second-order valence-corrected chi connectivity index (χ2v) is 7.92. The van der Waals surface area contributed by atoms with Gasteiger partial charge in [0.1, 0.15) is 19.0 Å². The fourth-order valence-electron chi connectivity index (χ4n) is 4.37. The summed E-state index contributed by atoms with van der Waals surface area (Å²) in [6.45, 7) is 1.70. The van der Waals surface area contributed by atoms with E-state index in [1.165, 1.54) is 22.3 Å². The Hall–Kier alpha value is -2.98. The number of fused-ring (bicyclic) bond motifs is 4. The first-order valence-corrected chi connectivity index (χ1v) is 10.7. The van der Waals surface area contributed by atoms with Gasteiger partial charge in [0.2, 0.25) is 0 Å². The van der Waals surface area contributed by atoms with Crippen LogP contribution in [0.5, 0.6) is 5.75 Å². The summed E-state index contributed by atoms with van der Waals surface area (Å²) in [5.41, 5.74) is 6.83. The van der Waals surface area contributed by atoms with E-state index >= 15 is 0 Å². The highest BCUT2D eigenvalue weighted by molar-refractivity contribution is 6.17. The van der Waals surface area contributed by atoms with Gasteiger partial charge in [0.15, 0.2) is 0 Å². The summed E-state index contributed by atoms with van der Waals surface area (Å²) in [5, 5.41) is 0. The Morgan fingerprint density at radius 1 is 1.03 bits per heavy atom. The third kappa shape index (κ3) is 3.41. The molecule has 0 unspecified atom stereocenters. The molecule has 0 radical (unpaired) electrons. The van der Waals surface area contributed by atoms with Crippen LogP contribution in [0.1, 0.15) is 28.2 Å². The van der Waals surface area contributed by atoms with E-state index in [4.69, 9.17) is 21.1 Å². The van der Waals surface area contributed by atoms with E-state index in [1.807, 2.05) is 42.5 Å². The molecule has 1 amide bonds. The van der Waals surface area contributed by atoms with Crippen LogP contribution in [-0.4, -0.2) is 30.8 Å². The minimum absolute atomic E-state index is 0.0553. The van der Waals surface area contributed by atoms with E-state index in [2.05, 4.69) is 24.3 Å². The standard InChI is InChI=1S/C25H22ClNO3/c26-14-17-9-10-24-18(13-17)15-27(11-12-29-24)25(28)30-16-23-21-7-3-1-5-19(21)20-6-2-4-8-22(20)23/h1-10,13,23H,11-12,14-16H2. The molecule has 0 fully saturated rings. The van der Waals surface area contributed by atoms with Gasteiger partial charge in [-0.05, 0) is 39.9 Å². The second-order valence-electron chi connectivity index (χ2n) is 7.65. The lowest BCUT2D eigenvalue weighted by Crippen LogP contribution is -2.33. The van der Waals surface area contributed by atoms with Crippen molar-refractivity contribution in [1.82, 2.24) is 4.90 Å². The normalized spacial score (nSPS) is 14.9. The SMILES string of the molecule is O=C(OCC1c2ccccc2-c2ccccc21)N1CCOc2ccc(CCl)cc2C1. The van der Waals surface area contributed by atoms with E-state index < -0.39 is 0 Å². The van der Waals surface area contributed by atoms with Gasteiger partial charge in [-0.3, -0.25) is 0 Å². The first kappa shape index (κ1) is 19.0. The van der Waals surface area contributed by atoms with Crippen LogP contribution in [0.15, 0.2) is 66.7 Å². The average molecular weight is 420 g/mol. The van der Waals surface area contributed by atoms with Crippen molar-refractivity contribution < 1.29 is 14.3 Å². The molecule has 1 heterocycles. The van der Waals surface area contributed by atoms with E-state index in [-0.39, 0.29) is 12.0 Å². The zero-order valence-corrected chi connectivity index (χ0v) is 17.3. The molecule has 2 aliphatic rings. The second kappa shape index (κ2) is 8.04. The molecule has 5 rings (SSSR count). The summed E-state index contributed by atoms with van der Waals surface area (Å²) in [6, 6.07) is 22.6. The first-order valence-electron chi connectivity index (χ1n) is 10.1. The largest absolute Gasteiger partial charge is 0.491 e. The topological polar surface area (TPSA) is 38.8 Å². The van der Waals surface area contributed by atoms with Gasteiger partial charge < -0.3 is 14.4 Å². The number of hydrogen-bond acceptors (Lipinski definition) is 3. The third-order valence-corrected chi connectivity index (χ3v) is 6.16. The molecule has 1 aliphatic heterocycles. The number of alkyl halides is 1. The van der Waals surface area contributed by atoms with Crippen LogP contribution in [0.2, 0.25) is 0 Å². The van der Waals surface area contributed by atoms with E-state index in [1.54, 1.807) is 4.90 Å². The number of halogens is 1. The highest BCUT2D eigenvalue weighted by atomic mass is 35.5. The van der Waals surface area contributed by atoms with E-state index in [9.17, 15) is 4.79 Å². The maximum Gasteiger partial charge on any atom is 0.410 e. The monoisotopic (exact) mass is 419 g/mol. The van der Waals surface area contributed by atoms with Crippen molar-refractivity contribution in [2.75, 3.05) is 19.8 Å². The molecular formula is C25H22ClNO3. The fraction of sp³-hybridized carbons (Fsp3) is 0.240. The van der Waals surface area contributed by atoms with Gasteiger partial charge in [0, 0.05) is 17.4 Å². The average Bonchev–Trinajstić information content (AvgIpc) is 2.95. The van der Waals surface area contributed by atoms with Gasteiger partial charge in [0.05, 0.1) is 13.1 Å². The van der Waals surface area contributed by atoms with Crippen LogP contribution < -0.4 is 4.74 Å². The van der Waals surface area contributed by atoms with Gasteiger partial charge in [-0.25, -0.2) is 4.79 Å². The lowest BCUT2D eigenvalue weighted by atomic mass is 9.98. The Morgan fingerprint density at radius 2 is 1.73 bits per heavy atom. The molecule has 3 aromatic carbocycles. The number of carbonyl (C=O) groups is 1. The summed E-state index contributed by atoms with van der Waals surface area (Å²) >= 11 is 5.97. The summed E-state index contributed by atoms with van der Waals surface area (Å²) in [7, 11) is 0. The molecule has 0 saturated heterocycles. The molecule has 5 heteroatoms. The number of hydrogen-bond donors (Lipinski definition) is 0. The molecule has 0 bridgehead atoms. The maximum atomic E-state index is 12.9. The van der Waals surface area contributed by atoms with Crippen molar-refractivity contribution in [2.45, 2.75) is 18.3 Å². The zero-order valence-electron chi connectivity index (χ0n) is 16.5. The van der Waals surface area contributed by atoms with Crippen molar-refractivity contribution in [3.05, 3.63) is 89.0 Å². The Morgan fingerprint density at radius 3 is 2.43 bits per heavy atom. The predicted octanol–water partition coefficient (Wildman–Crippen LogP) is 5.57. The summed E-state index contributed by atoms with van der Waals surface area (Å²) in [6.07, 6.45) is -0.315. The van der Waals surface area contributed by atoms with Gasteiger partial charge in [-0.15, -0.1) is 11.6 Å². The van der Waals surface area contributed by atoms with Crippen LogP contribution in [0.4, 0.5) is 4.79 Å². The van der Waals surface area contributed by atoms with Crippen molar-refractivity contribution >= 4 is 17.7 Å². The summed E-state index contributed by atoms with van der Waals surface area (Å²) < 4.78 is 11.6. The highest BCUT2D eigenvalue weighted by Gasteiger charge is 2.30. The lowest BCUT2D eigenvalue weighted by molar-refractivity contribution is 0.0947. The number of ether oxygens (including phenoxy) is 2. The number of nitrogens with zero attached hydrogens (tertiary/aromatic N) is 1. The van der Waals surface area contributed by atoms with Gasteiger partial charge in [-0.1, -0.05) is 54.6 Å². The molecule has 0 aromatic heterocycles. The Kier molecular flexibility index (Phi) is 5.09. The quantitative estimate of drug-likeness (QED) is 0.521. The molecule has 0 atom stereocenters. The number of amides is 1. The van der Waals surface area contributed by atoms with Crippen molar-refractivity contribution in [1.29, 1.82) is 0 Å². The lowest BCUT2D eigenvalue weighted by Gasteiger charge is -2.21. The van der Waals surface area contributed by atoms with Crippen LogP contribution in [0.25, 0.3) is 11.1 Å². The number of rotatable bonds is 3. The van der Waals surface area contributed by atoms with Crippen LogP contribution in [0, 0.1) is 0 Å². The molecule has 30 heavy (non-hydrogen) atoms. The highest BCUT2D eigenvalue weighted by Crippen LogP contribution is 2.44. The fourth-order valence-corrected chi connectivity index (χ4v) is 4.54. The third-order valence-electron chi connectivity index (χ3n) is 5.85. The minimum atomic E-state index is -0.315. The maximum absolute atomic E-state index is 12.9. The van der Waals surface area contributed by atoms with Crippen molar-refractivity contribution in [3.8, 4) is 16.9 Å². The minimum Gasteiger partial charge on any atom is -0.491 e. The molecule has 0 saturated carbocycles. The summed E-state index contributed by atoms with van der Waals surface area (Å²) in [5.74, 6) is 1.29. The van der Waals surface area contributed by atoms with Crippen molar-refractivity contribution in [2.24, 2.45) is 0 Å². The molecule has 3 aromatic rings. The predicted molar refractivity (Wildman–Crippen MR) is 117 cm³/mol. The first-order chi connectivity index (χ1) is 14.7. The van der Waals surface area contributed by atoms with Gasteiger partial charge in [0.25, 0.3) is 0 Å². The summed E-state index contributed by atoms with van der Waals surface area (Å²) in [4.78, 5) is 14.6. The van der Waals surface area contributed by atoms with E-state index in [0.717, 1.165) is 16.9 Å². The molecule has 4 nitrogen and oxygen atoms in total. The van der Waals surface area contributed by atoms with E-state index in [0.29, 0.717) is 32.2 Å².